The van der Waals surface area contributed by atoms with E-state index in [4.69, 9.17) is 32.4 Å². The van der Waals surface area contributed by atoms with Gasteiger partial charge in [-0.15, -0.1) is 0 Å². The van der Waals surface area contributed by atoms with Gasteiger partial charge in [-0.2, -0.15) is 5.26 Å². The molecular weight excluding hydrogens is 841 g/mol. The summed E-state index contributed by atoms with van der Waals surface area (Å²) in [5.41, 5.74) is 0.731. The lowest BCUT2D eigenvalue weighted by Crippen LogP contribution is -2.50. The van der Waals surface area contributed by atoms with Crippen LogP contribution in [0.25, 0.3) is 11.0 Å². The highest BCUT2D eigenvalue weighted by Crippen LogP contribution is 2.53. The summed E-state index contributed by atoms with van der Waals surface area (Å²) in [4.78, 5) is 20.0. The molecule has 2 aromatic heterocycles. The van der Waals surface area contributed by atoms with Gasteiger partial charge in [0.05, 0.1) is 46.3 Å². The van der Waals surface area contributed by atoms with Crippen LogP contribution in [0.3, 0.4) is 0 Å². The number of aromatic nitrogens is 3. The lowest BCUT2D eigenvalue weighted by atomic mass is 9.80. The Kier molecular flexibility index (Phi) is 15.3. The van der Waals surface area contributed by atoms with Crippen LogP contribution >= 0.6 is 8.53 Å². The molecule has 1 saturated heterocycles. The molecule has 0 radical (unpaired) electrons. The molecule has 13 nitrogen and oxygen atoms in total. The highest BCUT2D eigenvalue weighted by Gasteiger charge is 2.54. The fraction of sp³-hybridized carbons (Fsp3) is 0.468. The number of aromatic amines is 1. The number of nitrogens with zero attached hydrogens (tertiary/aromatic N) is 4. The normalized spacial score (nSPS) is 19.0. The summed E-state index contributed by atoms with van der Waals surface area (Å²) in [5.74, 6) is 0.612. The molecule has 1 fully saturated rings. The largest absolute Gasteiger partial charge is 0.497 e. The van der Waals surface area contributed by atoms with Crippen LogP contribution in [0.1, 0.15) is 77.8 Å². The quantitative estimate of drug-likeness (QED) is 0.0366. The summed E-state index contributed by atoms with van der Waals surface area (Å²) < 4.78 is 66.5. The molecule has 0 bridgehead atoms. The number of ether oxygens (including phenoxy) is 4. The first-order chi connectivity index (χ1) is 30.0. The zero-order valence-corrected chi connectivity index (χ0v) is 40.0. The van der Waals surface area contributed by atoms with Crippen molar-refractivity contribution in [1.82, 2.24) is 19.2 Å². The van der Waals surface area contributed by atoms with Gasteiger partial charge in [0, 0.05) is 18.3 Å². The first-order valence-corrected chi connectivity index (χ1v) is 25.3. The average Bonchev–Trinajstić information content (AvgIpc) is 3.77. The van der Waals surface area contributed by atoms with Crippen molar-refractivity contribution in [3.8, 4) is 17.6 Å². The predicted octanol–water partition coefficient (Wildman–Crippen LogP) is 9.84. The first-order valence-electron chi connectivity index (χ1n) is 21.3. The second kappa shape index (κ2) is 20.1. The fourth-order valence-corrected chi connectivity index (χ4v) is 10.8. The second-order valence-corrected chi connectivity index (χ2v) is 23.8. The molecule has 0 aliphatic carbocycles. The minimum absolute atomic E-state index is 0.0138. The highest BCUT2D eigenvalue weighted by molar-refractivity contribution is 7.44. The zero-order chi connectivity index (χ0) is 45.7. The van der Waals surface area contributed by atoms with E-state index in [2.05, 4.69) is 82.3 Å². The third-order valence-corrected chi connectivity index (χ3v) is 18.5. The van der Waals surface area contributed by atoms with Gasteiger partial charge in [0.15, 0.2) is 26.0 Å². The smallest absolute Gasteiger partial charge is 0.263 e. The molecule has 1 N–H and O–H groups in total. The van der Waals surface area contributed by atoms with E-state index in [1.54, 1.807) is 14.2 Å². The fourth-order valence-electron chi connectivity index (χ4n) is 7.76. The summed E-state index contributed by atoms with van der Waals surface area (Å²) in [6, 6.07) is 27.6. The number of nitrogens with one attached hydrogen (secondary N) is 1. The monoisotopic (exact) mass is 901 g/mol. The molecule has 3 heterocycles. The number of benzene rings is 3. The van der Waals surface area contributed by atoms with E-state index in [1.807, 2.05) is 78.9 Å². The van der Waals surface area contributed by atoms with Gasteiger partial charge in [0.2, 0.25) is 0 Å². The molecule has 338 valence electrons. The van der Waals surface area contributed by atoms with Gasteiger partial charge >= 0.3 is 0 Å². The van der Waals surface area contributed by atoms with E-state index in [0.29, 0.717) is 11.5 Å². The molecule has 5 atom stereocenters. The van der Waals surface area contributed by atoms with Gasteiger partial charge in [-0.25, -0.2) is 14.0 Å². The van der Waals surface area contributed by atoms with E-state index in [0.717, 1.165) is 16.7 Å². The van der Waals surface area contributed by atoms with Crippen LogP contribution in [0.2, 0.25) is 18.1 Å². The maximum absolute atomic E-state index is 15.9. The van der Waals surface area contributed by atoms with Crippen LogP contribution in [-0.4, -0.2) is 85.4 Å². The minimum Gasteiger partial charge on any atom is -0.497 e. The number of H-pyrrole nitrogens is 1. The Morgan fingerprint density at radius 2 is 1.49 bits per heavy atom. The van der Waals surface area contributed by atoms with Gasteiger partial charge in [0.25, 0.3) is 14.1 Å². The molecule has 16 heteroatoms. The predicted molar refractivity (Wildman–Crippen MR) is 245 cm³/mol. The van der Waals surface area contributed by atoms with Crippen LogP contribution in [-0.2, 0) is 28.5 Å². The summed E-state index contributed by atoms with van der Waals surface area (Å²) >= 11 is 0. The van der Waals surface area contributed by atoms with Crippen LogP contribution in [0.5, 0.6) is 11.5 Å². The highest BCUT2D eigenvalue weighted by atomic mass is 31.2. The maximum atomic E-state index is 15.9. The van der Waals surface area contributed by atoms with Crippen molar-refractivity contribution in [3.63, 3.8) is 0 Å². The molecule has 0 spiro atoms. The van der Waals surface area contributed by atoms with E-state index >= 15 is 4.39 Å². The van der Waals surface area contributed by atoms with Gasteiger partial charge in [-0.1, -0.05) is 75.4 Å². The van der Waals surface area contributed by atoms with E-state index < -0.39 is 58.4 Å². The number of hydrogen-bond acceptors (Lipinski definition) is 11. The Balaban J connectivity index is 1.57. The second-order valence-electron chi connectivity index (χ2n) is 17.7. The van der Waals surface area contributed by atoms with Crippen molar-refractivity contribution in [2.45, 2.75) is 115 Å². The number of rotatable bonds is 19. The number of halogens is 1. The van der Waals surface area contributed by atoms with E-state index in [9.17, 15) is 10.1 Å². The average molecular weight is 902 g/mol. The lowest BCUT2D eigenvalue weighted by molar-refractivity contribution is -0.0926. The van der Waals surface area contributed by atoms with Crippen molar-refractivity contribution in [2.24, 2.45) is 0 Å². The van der Waals surface area contributed by atoms with E-state index in [-0.39, 0.29) is 47.8 Å². The number of hydrogen-bond donors (Lipinski definition) is 1. The zero-order valence-electron chi connectivity index (χ0n) is 38.1. The number of methoxy groups -OCH3 is 2. The number of nitriles is 1. The summed E-state index contributed by atoms with van der Waals surface area (Å²) in [5, 5.41) is 9.10. The molecule has 3 aromatic carbocycles. The lowest BCUT2D eigenvalue weighted by Gasteiger charge is -2.42. The van der Waals surface area contributed by atoms with Gasteiger partial charge in [-0.3, -0.25) is 4.79 Å². The van der Waals surface area contributed by atoms with Crippen molar-refractivity contribution in [1.29, 1.82) is 5.26 Å². The molecule has 63 heavy (non-hydrogen) atoms. The third-order valence-electron chi connectivity index (χ3n) is 11.9. The molecule has 1 unspecified atom stereocenters. The summed E-state index contributed by atoms with van der Waals surface area (Å²) in [7, 11) is -1.29. The maximum Gasteiger partial charge on any atom is 0.263 e. The molecule has 1 aliphatic heterocycles. The van der Waals surface area contributed by atoms with Crippen molar-refractivity contribution < 1.29 is 36.8 Å². The van der Waals surface area contributed by atoms with Crippen LogP contribution in [0, 0.1) is 17.1 Å². The van der Waals surface area contributed by atoms with Crippen LogP contribution < -0.4 is 15.0 Å². The summed E-state index contributed by atoms with van der Waals surface area (Å²) in [6.07, 6.45) is -1.03. The van der Waals surface area contributed by atoms with Gasteiger partial charge in [0.1, 0.15) is 40.8 Å². The first kappa shape index (κ1) is 48.0. The molecule has 0 amide bonds. The van der Waals surface area contributed by atoms with Crippen LogP contribution in [0.4, 0.5) is 4.39 Å². The Morgan fingerprint density at radius 1 is 0.921 bits per heavy atom. The minimum atomic E-state index is -2.69. The Bertz CT molecular complexity index is 2310. The molecule has 1 aliphatic rings. The molecule has 0 saturated carbocycles. The molecular formula is C47H61FN5O8PSi. The Labute approximate surface area is 372 Å². The van der Waals surface area contributed by atoms with E-state index in [1.165, 1.54) is 17.1 Å². The molecule has 6 rings (SSSR count). The Hall–Kier alpha value is -4.49. The van der Waals surface area contributed by atoms with Crippen LogP contribution in [0.15, 0.2) is 96.2 Å². The molecule has 5 aromatic rings. The number of fused-ring (bicyclic) bond motifs is 1. The van der Waals surface area contributed by atoms with Gasteiger partial charge < -0.3 is 42.0 Å². The Morgan fingerprint density at radius 3 is 2.02 bits per heavy atom. The van der Waals surface area contributed by atoms with Gasteiger partial charge in [-0.05, 0) is 86.8 Å². The van der Waals surface area contributed by atoms with Crippen molar-refractivity contribution in [3.05, 3.63) is 124 Å². The SMILES string of the molecule is COc1ccc(C(OC[C@@H]2O[C@H](n3cc(F)c4c(=O)[nH]cnc43)[C@@H](O[Si](C)(C)C(C)(C)C)[C@H]2OP(OCCC#N)N(C(C)C)C(C)C)(c2ccccc2)c2ccc(OC)cc2)cc1. The standard InChI is InChI=1S/C47H61FN5O8PSi/c1-31(2)53(32(3)4)62(58-27-15-26-49)60-41-39(59-45(42(41)61-63(10,11)46(5,6)7)52-28-38(48)40-43(52)50-30-51-44(40)54)29-57-47(33-16-13-12-14-17-33,34-18-22-36(55-8)23-19-34)35-20-24-37(56-9)25-21-35/h12-14,16-25,28,30-32,39,41-42,45H,15,27,29H2,1-11H3,(H,50,51,54)/t39-,41-,42-,45-,62?/m0/s1. The van der Waals surface area contributed by atoms with Crippen molar-refractivity contribution in [2.75, 3.05) is 27.4 Å². The summed E-state index contributed by atoms with van der Waals surface area (Å²) in [6.45, 7) is 19.0. The topological polar surface area (TPSA) is 142 Å². The third kappa shape index (κ3) is 10.1. The van der Waals surface area contributed by atoms with Crippen molar-refractivity contribution >= 4 is 27.9 Å².